The summed E-state index contributed by atoms with van der Waals surface area (Å²) in [6.45, 7) is 4.40. The fraction of sp³-hybridized carbons (Fsp3) is 0.500. The number of nitrogens with zero attached hydrogens (tertiary/aromatic N) is 4. The molecule has 6 heteroatoms. The van der Waals surface area contributed by atoms with Crippen molar-refractivity contribution in [3.05, 3.63) is 47.5 Å². The van der Waals surface area contributed by atoms with Crippen molar-refractivity contribution in [3.63, 3.8) is 0 Å². The molecule has 0 saturated carbocycles. The van der Waals surface area contributed by atoms with Crippen molar-refractivity contribution in [2.75, 3.05) is 13.1 Å². The fourth-order valence-corrected chi connectivity index (χ4v) is 3.31. The van der Waals surface area contributed by atoms with Crippen LogP contribution in [0.25, 0.3) is 0 Å². The summed E-state index contributed by atoms with van der Waals surface area (Å²) in [7, 11) is 1.85. The molecule has 1 aliphatic heterocycles. The van der Waals surface area contributed by atoms with Gasteiger partial charge in [0.25, 0.3) is 5.91 Å². The van der Waals surface area contributed by atoms with Crippen LogP contribution in [0.4, 0.5) is 0 Å². The second kappa shape index (κ2) is 7.57. The third-order valence-corrected chi connectivity index (χ3v) is 4.55. The minimum Gasteiger partial charge on any atom is -0.330 e. The quantitative estimate of drug-likeness (QED) is 0.932. The maximum absolute atomic E-state index is 13.2. The first kappa shape index (κ1) is 16.6. The summed E-state index contributed by atoms with van der Waals surface area (Å²) >= 11 is 0. The molecule has 0 spiro atoms. The Morgan fingerprint density at radius 1 is 1.38 bits per heavy atom. The van der Waals surface area contributed by atoms with Gasteiger partial charge in [0.2, 0.25) is 0 Å². The lowest BCUT2D eigenvalue weighted by atomic mass is 10.1. The van der Waals surface area contributed by atoms with Crippen molar-refractivity contribution < 1.29 is 4.79 Å². The lowest BCUT2D eigenvalue weighted by Crippen LogP contribution is -2.40. The van der Waals surface area contributed by atoms with Crippen molar-refractivity contribution in [2.45, 2.75) is 38.8 Å². The normalized spacial score (nSPS) is 18.2. The molecule has 0 bridgehead atoms. The van der Waals surface area contributed by atoms with Gasteiger partial charge in [0.1, 0.15) is 0 Å². The molecule has 128 valence electrons. The van der Waals surface area contributed by atoms with E-state index in [0.717, 1.165) is 43.7 Å². The van der Waals surface area contributed by atoms with Crippen molar-refractivity contribution >= 4 is 5.91 Å². The maximum atomic E-state index is 13.2. The smallest absolute Gasteiger partial charge is 0.257 e. The SMILES string of the molecule is Cc1nn(C)cc1C(=O)N(Cc1ccccn1)[C@H]1CCCNCC1. The van der Waals surface area contributed by atoms with E-state index in [-0.39, 0.29) is 11.9 Å². The Hall–Kier alpha value is -2.21. The first-order valence-corrected chi connectivity index (χ1v) is 8.57. The molecule has 3 heterocycles. The molecule has 0 radical (unpaired) electrons. The predicted molar refractivity (Wildman–Crippen MR) is 92.6 cm³/mol. The molecule has 2 aromatic heterocycles. The molecule has 1 atom stereocenters. The van der Waals surface area contributed by atoms with Gasteiger partial charge in [-0.15, -0.1) is 0 Å². The zero-order valence-electron chi connectivity index (χ0n) is 14.4. The molecule has 0 aromatic carbocycles. The van der Waals surface area contributed by atoms with Crippen LogP contribution in [0, 0.1) is 6.92 Å². The molecule has 0 unspecified atom stereocenters. The predicted octanol–water partition coefficient (Wildman–Crippen LogP) is 1.91. The van der Waals surface area contributed by atoms with Crippen LogP contribution in [-0.2, 0) is 13.6 Å². The molecular formula is C18H25N5O. The summed E-state index contributed by atoms with van der Waals surface area (Å²) in [6, 6.07) is 6.07. The Balaban J connectivity index is 1.88. The Morgan fingerprint density at radius 3 is 2.96 bits per heavy atom. The third-order valence-electron chi connectivity index (χ3n) is 4.55. The third kappa shape index (κ3) is 3.82. The van der Waals surface area contributed by atoms with Gasteiger partial charge in [-0.3, -0.25) is 14.5 Å². The molecule has 1 N–H and O–H groups in total. The van der Waals surface area contributed by atoms with Crippen LogP contribution in [0.1, 0.15) is 41.0 Å². The summed E-state index contributed by atoms with van der Waals surface area (Å²) in [6.07, 6.45) is 6.67. The van der Waals surface area contributed by atoms with E-state index in [0.29, 0.717) is 12.1 Å². The van der Waals surface area contributed by atoms with Crippen LogP contribution in [-0.4, -0.2) is 44.7 Å². The van der Waals surface area contributed by atoms with E-state index in [1.807, 2.05) is 43.3 Å². The van der Waals surface area contributed by atoms with Crippen molar-refractivity contribution in [1.82, 2.24) is 25.0 Å². The Morgan fingerprint density at radius 2 is 2.25 bits per heavy atom. The summed E-state index contributed by atoms with van der Waals surface area (Å²) in [4.78, 5) is 19.6. The van der Waals surface area contributed by atoms with E-state index >= 15 is 0 Å². The lowest BCUT2D eigenvalue weighted by molar-refractivity contribution is 0.0641. The van der Waals surface area contributed by atoms with Gasteiger partial charge in [-0.2, -0.15) is 5.10 Å². The second-order valence-electron chi connectivity index (χ2n) is 6.39. The summed E-state index contributed by atoms with van der Waals surface area (Å²) in [5.41, 5.74) is 2.38. The molecule has 1 saturated heterocycles. The van der Waals surface area contributed by atoms with Gasteiger partial charge in [0, 0.05) is 25.5 Å². The largest absolute Gasteiger partial charge is 0.330 e. The fourth-order valence-electron chi connectivity index (χ4n) is 3.31. The molecular weight excluding hydrogens is 302 g/mol. The average molecular weight is 327 g/mol. The van der Waals surface area contributed by atoms with E-state index in [9.17, 15) is 4.79 Å². The Kier molecular flexibility index (Phi) is 5.25. The first-order chi connectivity index (χ1) is 11.6. The highest BCUT2D eigenvalue weighted by Gasteiger charge is 2.28. The van der Waals surface area contributed by atoms with Crippen molar-refractivity contribution in [1.29, 1.82) is 0 Å². The van der Waals surface area contributed by atoms with Crippen LogP contribution in [0.15, 0.2) is 30.6 Å². The Labute approximate surface area is 142 Å². The van der Waals surface area contributed by atoms with Gasteiger partial charge in [-0.1, -0.05) is 6.07 Å². The summed E-state index contributed by atoms with van der Waals surface area (Å²) in [5, 5.41) is 7.75. The van der Waals surface area contributed by atoms with E-state index < -0.39 is 0 Å². The van der Waals surface area contributed by atoms with E-state index in [1.165, 1.54) is 0 Å². The molecule has 3 rings (SSSR count). The number of carbonyl (C=O) groups excluding carboxylic acids is 1. The molecule has 24 heavy (non-hydrogen) atoms. The van der Waals surface area contributed by atoms with Crippen LogP contribution in [0.5, 0.6) is 0 Å². The highest BCUT2D eigenvalue weighted by Crippen LogP contribution is 2.20. The van der Waals surface area contributed by atoms with Gasteiger partial charge in [0.15, 0.2) is 0 Å². The summed E-state index contributed by atoms with van der Waals surface area (Å²) in [5.74, 6) is 0.0538. The molecule has 6 nitrogen and oxygen atoms in total. The first-order valence-electron chi connectivity index (χ1n) is 8.57. The van der Waals surface area contributed by atoms with Crippen LogP contribution in [0.2, 0.25) is 0 Å². The standard InChI is InChI=1S/C18H25N5O/c1-14-17(13-22(2)21-14)18(24)23(12-15-6-3-4-10-20-15)16-7-5-9-19-11-8-16/h3-4,6,10,13,16,19H,5,7-9,11-12H2,1-2H3/t16-/m0/s1. The molecule has 0 aliphatic carbocycles. The molecule has 1 aliphatic rings. The maximum Gasteiger partial charge on any atom is 0.257 e. The van der Waals surface area contributed by atoms with E-state index in [1.54, 1.807) is 10.9 Å². The number of aryl methyl sites for hydroxylation is 2. The van der Waals surface area contributed by atoms with Crippen LogP contribution >= 0.6 is 0 Å². The van der Waals surface area contributed by atoms with Crippen LogP contribution < -0.4 is 5.32 Å². The lowest BCUT2D eigenvalue weighted by Gasteiger charge is -2.31. The highest BCUT2D eigenvalue weighted by atomic mass is 16.2. The van der Waals surface area contributed by atoms with Crippen molar-refractivity contribution in [3.8, 4) is 0 Å². The number of nitrogens with one attached hydrogen (secondary N) is 1. The van der Waals surface area contributed by atoms with Gasteiger partial charge in [0.05, 0.1) is 23.5 Å². The number of hydrogen-bond donors (Lipinski definition) is 1. The number of carbonyl (C=O) groups is 1. The number of aromatic nitrogens is 3. The van der Waals surface area contributed by atoms with Crippen LogP contribution in [0.3, 0.4) is 0 Å². The second-order valence-corrected chi connectivity index (χ2v) is 6.39. The number of rotatable bonds is 4. The minimum atomic E-state index is 0.0538. The number of pyridine rings is 1. The minimum absolute atomic E-state index is 0.0538. The summed E-state index contributed by atoms with van der Waals surface area (Å²) < 4.78 is 1.70. The van der Waals surface area contributed by atoms with Crippen molar-refractivity contribution in [2.24, 2.45) is 7.05 Å². The van der Waals surface area contributed by atoms with Gasteiger partial charge in [-0.25, -0.2) is 0 Å². The Bertz CT molecular complexity index is 674. The van der Waals surface area contributed by atoms with Gasteiger partial charge in [-0.05, 0) is 51.4 Å². The van der Waals surface area contributed by atoms with E-state index in [4.69, 9.17) is 0 Å². The molecule has 1 fully saturated rings. The zero-order valence-corrected chi connectivity index (χ0v) is 14.4. The highest BCUT2D eigenvalue weighted by molar-refractivity contribution is 5.95. The molecule has 1 amide bonds. The number of amides is 1. The molecule has 2 aromatic rings. The average Bonchev–Trinajstić information content (AvgIpc) is 2.79. The van der Waals surface area contributed by atoms with Gasteiger partial charge < -0.3 is 10.2 Å². The van der Waals surface area contributed by atoms with E-state index in [2.05, 4.69) is 15.4 Å². The van der Waals surface area contributed by atoms with Gasteiger partial charge >= 0.3 is 0 Å². The monoisotopic (exact) mass is 327 g/mol. The number of hydrogen-bond acceptors (Lipinski definition) is 4. The zero-order chi connectivity index (χ0) is 16.9. The topological polar surface area (TPSA) is 63.1 Å².